The fourth-order valence-electron chi connectivity index (χ4n) is 1.48. The van der Waals surface area contributed by atoms with E-state index in [2.05, 4.69) is 26.4 Å². The van der Waals surface area contributed by atoms with Gasteiger partial charge in [0, 0.05) is 5.69 Å². The average molecular weight is 339 g/mol. The van der Waals surface area contributed by atoms with Crippen LogP contribution >= 0.6 is 27.3 Å². The maximum absolute atomic E-state index is 11.9. The molecule has 0 fully saturated rings. The fraction of sp³-hybridized carbons (Fsp3) is 0.0769. The van der Waals surface area contributed by atoms with E-state index in [4.69, 9.17) is 5.21 Å². The molecule has 2 aromatic rings. The topological polar surface area (TPSA) is 61.7 Å². The van der Waals surface area contributed by atoms with Crippen molar-refractivity contribution in [3.8, 4) is 0 Å². The van der Waals surface area contributed by atoms with E-state index in [1.54, 1.807) is 37.3 Å². The third-order valence-corrected chi connectivity index (χ3v) is 4.13. The lowest BCUT2D eigenvalue weighted by atomic mass is 10.1. The van der Waals surface area contributed by atoms with Crippen LogP contribution < -0.4 is 5.32 Å². The molecule has 0 saturated carbocycles. The number of rotatable bonds is 3. The normalized spacial score (nSPS) is 11.4. The number of nitrogens with one attached hydrogen (secondary N) is 1. The minimum atomic E-state index is -0.143. The van der Waals surface area contributed by atoms with Gasteiger partial charge in [-0.25, -0.2) is 0 Å². The summed E-state index contributed by atoms with van der Waals surface area (Å²) in [6.07, 6.45) is 0. The molecule has 1 heterocycles. The Labute approximate surface area is 122 Å². The van der Waals surface area contributed by atoms with Gasteiger partial charge < -0.3 is 10.5 Å². The van der Waals surface area contributed by atoms with Gasteiger partial charge >= 0.3 is 0 Å². The molecule has 4 nitrogen and oxygen atoms in total. The van der Waals surface area contributed by atoms with Crippen LogP contribution in [0.1, 0.15) is 22.2 Å². The maximum atomic E-state index is 11.9. The molecule has 0 aliphatic rings. The predicted octanol–water partition coefficient (Wildman–Crippen LogP) is 3.96. The molecule has 0 saturated heterocycles. The van der Waals surface area contributed by atoms with Crippen molar-refractivity contribution >= 4 is 44.6 Å². The second kappa shape index (κ2) is 5.99. The van der Waals surface area contributed by atoms with Crippen LogP contribution in [0.4, 0.5) is 5.69 Å². The van der Waals surface area contributed by atoms with Crippen molar-refractivity contribution < 1.29 is 10.0 Å². The first-order valence-electron chi connectivity index (χ1n) is 5.46. The molecule has 0 aliphatic carbocycles. The van der Waals surface area contributed by atoms with Gasteiger partial charge in [-0.15, -0.1) is 11.3 Å². The lowest BCUT2D eigenvalue weighted by molar-refractivity contribution is 0.103. The first-order chi connectivity index (χ1) is 9.10. The molecule has 1 aromatic heterocycles. The number of carbonyl (C=O) groups excluding carboxylic acids is 1. The second-order valence-corrected chi connectivity index (χ2v) is 6.28. The fourth-order valence-corrected chi connectivity index (χ4v) is 2.76. The molecule has 0 atom stereocenters. The summed E-state index contributed by atoms with van der Waals surface area (Å²) in [7, 11) is 0. The number of hydrogen-bond acceptors (Lipinski definition) is 4. The first-order valence-corrected chi connectivity index (χ1v) is 7.07. The average Bonchev–Trinajstić information content (AvgIpc) is 2.85. The van der Waals surface area contributed by atoms with Crippen LogP contribution in [0, 0.1) is 0 Å². The number of oxime groups is 1. The number of anilines is 1. The lowest BCUT2D eigenvalue weighted by Gasteiger charge is -2.04. The van der Waals surface area contributed by atoms with Gasteiger partial charge in [0.25, 0.3) is 5.91 Å². The zero-order valence-corrected chi connectivity index (χ0v) is 12.5. The first kappa shape index (κ1) is 13.8. The van der Waals surface area contributed by atoms with Gasteiger partial charge in [0.1, 0.15) is 0 Å². The Balaban J connectivity index is 2.10. The Hall–Kier alpha value is -1.66. The van der Waals surface area contributed by atoms with Crippen LogP contribution in [0.25, 0.3) is 0 Å². The molecular weight excluding hydrogens is 328 g/mol. The van der Waals surface area contributed by atoms with Crippen molar-refractivity contribution in [2.24, 2.45) is 5.16 Å². The Kier molecular flexibility index (Phi) is 4.34. The van der Waals surface area contributed by atoms with Crippen LogP contribution in [-0.2, 0) is 0 Å². The van der Waals surface area contributed by atoms with Crippen LogP contribution in [0.15, 0.2) is 45.3 Å². The molecular formula is C13H11BrN2O2S. The Morgan fingerprint density at radius 1 is 1.26 bits per heavy atom. The monoisotopic (exact) mass is 338 g/mol. The SMILES string of the molecule is C/C(=N\O)c1ccc(NC(=O)c2ccc(Br)s2)cc1. The number of thiophene rings is 1. The second-order valence-electron chi connectivity index (χ2n) is 3.82. The van der Waals surface area contributed by atoms with Crippen LogP contribution in [0.5, 0.6) is 0 Å². The van der Waals surface area contributed by atoms with Gasteiger partial charge in [-0.3, -0.25) is 4.79 Å². The molecule has 19 heavy (non-hydrogen) atoms. The molecule has 0 unspecified atom stereocenters. The van der Waals surface area contributed by atoms with E-state index in [1.807, 2.05) is 6.07 Å². The van der Waals surface area contributed by atoms with E-state index < -0.39 is 0 Å². The van der Waals surface area contributed by atoms with Gasteiger partial charge in [-0.1, -0.05) is 17.3 Å². The van der Waals surface area contributed by atoms with Crippen molar-refractivity contribution in [1.82, 2.24) is 0 Å². The largest absolute Gasteiger partial charge is 0.411 e. The maximum Gasteiger partial charge on any atom is 0.265 e. The molecule has 6 heteroatoms. The van der Waals surface area contributed by atoms with Crippen molar-refractivity contribution in [2.45, 2.75) is 6.92 Å². The summed E-state index contributed by atoms with van der Waals surface area (Å²) in [4.78, 5) is 12.6. The molecule has 2 rings (SSSR count). The van der Waals surface area contributed by atoms with E-state index in [1.165, 1.54) is 11.3 Å². The van der Waals surface area contributed by atoms with Crippen LogP contribution in [-0.4, -0.2) is 16.8 Å². The molecule has 0 bridgehead atoms. The highest BCUT2D eigenvalue weighted by Crippen LogP contribution is 2.23. The third-order valence-electron chi connectivity index (χ3n) is 2.51. The Bertz CT molecular complexity index is 620. The summed E-state index contributed by atoms with van der Waals surface area (Å²) >= 11 is 4.70. The number of carbonyl (C=O) groups is 1. The summed E-state index contributed by atoms with van der Waals surface area (Å²) in [5.41, 5.74) is 2.03. The summed E-state index contributed by atoms with van der Waals surface area (Å²) in [5.74, 6) is -0.143. The van der Waals surface area contributed by atoms with Gasteiger partial charge in [-0.05, 0) is 52.7 Å². The highest BCUT2D eigenvalue weighted by molar-refractivity contribution is 9.11. The number of halogens is 1. The van der Waals surface area contributed by atoms with E-state index >= 15 is 0 Å². The van der Waals surface area contributed by atoms with Crippen molar-refractivity contribution in [2.75, 3.05) is 5.32 Å². The van der Waals surface area contributed by atoms with Crippen LogP contribution in [0.3, 0.4) is 0 Å². The van der Waals surface area contributed by atoms with Gasteiger partial charge in [-0.2, -0.15) is 0 Å². The highest BCUT2D eigenvalue weighted by atomic mass is 79.9. The number of benzene rings is 1. The van der Waals surface area contributed by atoms with Gasteiger partial charge in [0.05, 0.1) is 14.4 Å². The summed E-state index contributed by atoms with van der Waals surface area (Å²) in [6.45, 7) is 1.71. The van der Waals surface area contributed by atoms with Gasteiger partial charge in [0.2, 0.25) is 0 Å². The van der Waals surface area contributed by atoms with E-state index in [-0.39, 0.29) is 5.91 Å². The van der Waals surface area contributed by atoms with Crippen molar-refractivity contribution in [1.29, 1.82) is 0 Å². The molecule has 0 aliphatic heterocycles. The third kappa shape index (κ3) is 3.42. The number of hydrogen-bond donors (Lipinski definition) is 2. The van der Waals surface area contributed by atoms with Crippen molar-refractivity contribution in [3.63, 3.8) is 0 Å². The summed E-state index contributed by atoms with van der Waals surface area (Å²) in [5, 5.41) is 14.6. The van der Waals surface area contributed by atoms with E-state index in [9.17, 15) is 4.79 Å². The minimum Gasteiger partial charge on any atom is -0.411 e. The highest BCUT2D eigenvalue weighted by Gasteiger charge is 2.08. The van der Waals surface area contributed by atoms with E-state index in [0.717, 1.165) is 9.35 Å². The van der Waals surface area contributed by atoms with Gasteiger partial charge in [0.15, 0.2) is 0 Å². The van der Waals surface area contributed by atoms with E-state index in [0.29, 0.717) is 16.3 Å². The van der Waals surface area contributed by atoms with Crippen molar-refractivity contribution in [3.05, 3.63) is 50.6 Å². The standard InChI is InChI=1S/C13H11BrN2O2S/c1-8(16-18)9-2-4-10(5-3-9)15-13(17)11-6-7-12(14)19-11/h2-7,18H,1H3,(H,15,17)/b16-8+. The molecule has 1 amide bonds. The number of nitrogens with zero attached hydrogens (tertiary/aromatic N) is 1. The molecule has 0 spiro atoms. The Morgan fingerprint density at radius 2 is 1.95 bits per heavy atom. The smallest absolute Gasteiger partial charge is 0.265 e. The quantitative estimate of drug-likeness (QED) is 0.505. The number of amides is 1. The zero-order chi connectivity index (χ0) is 13.8. The molecule has 1 aromatic carbocycles. The molecule has 2 N–H and O–H groups in total. The summed E-state index contributed by atoms with van der Waals surface area (Å²) in [6, 6.07) is 10.7. The molecule has 0 radical (unpaired) electrons. The summed E-state index contributed by atoms with van der Waals surface area (Å²) < 4.78 is 0.919. The minimum absolute atomic E-state index is 0.143. The predicted molar refractivity (Wildman–Crippen MR) is 80.4 cm³/mol. The lowest BCUT2D eigenvalue weighted by Crippen LogP contribution is -2.10. The Morgan fingerprint density at radius 3 is 2.47 bits per heavy atom. The van der Waals surface area contributed by atoms with Crippen LogP contribution in [0.2, 0.25) is 0 Å². The zero-order valence-electron chi connectivity index (χ0n) is 10.1. The molecule has 98 valence electrons.